The summed E-state index contributed by atoms with van der Waals surface area (Å²) in [5.74, 6) is -1.21. The van der Waals surface area contributed by atoms with Gasteiger partial charge in [0.05, 0.1) is 0 Å². The van der Waals surface area contributed by atoms with E-state index < -0.39 is 22.5 Å². The molecule has 18 heavy (non-hydrogen) atoms. The van der Waals surface area contributed by atoms with Crippen LogP contribution < -0.4 is 0 Å². The average molecular weight is 290 g/mol. The molecule has 0 atom stereocenters. The van der Waals surface area contributed by atoms with E-state index in [0.29, 0.717) is 10.6 Å². The van der Waals surface area contributed by atoms with Gasteiger partial charge in [-0.2, -0.15) is 4.31 Å². The van der Waals surface area contributed by atoms with E-state index >= 15 is 0 Å². The first-order valence-corrected chi connectivity index (χ1v) is 6.81. The molecule has 0 radical (unpaired) electrons. The summed E-state index contributed by atoms with van der Waals surface area (Å²) in [4.78, 5) is 10.4. The highest BCUT2D eigenvalue weighted by atomic mass is 35.5. The van der Waals surface area contributed by atoms with E-state index in [-0.39, 0.29) is 0 Å². The number of rotatable bonds is 5. The largest absolute Gasteiger partial charge is 0.480 e. The number of sulfonamides is 1. The number of aliphatic carboxylic acids is 1. The third kappa shape index (κ3) is 4.48. The Morgan fingerprint density at radius 1 is 1.39 bits per heavy atom. The summed E-state index contributed by atoms with van der Waals surface area (Å²) in [6.07, 6.45) is 1.38. The average Bonchev–Trinajstić information content (AvgIpc) is 2.27. The lowest BCUT2D eigenvalue weighted by molar-refractivity contribution is -0.137. The third-order valence-electron chi connectivity index (χ3n) is 2.09. The van der Waals surface area contributed by atoms with Gasteiger partial charge in [0.2, 0.25) is 10.0 Å². The number of carboxylic acid groups (broad SMARTS) is 1. The van der Waals surface area contributed by atoms with Crippen molar-refractivity contribution in [3.63, 3.8) is 0 Å². The SMILES string of the molecule is CN(CC(=O)O)S(=O)(=O)/C=C/c1ccc(Cl)cc1. The first-order valence-electron chi connectivity index (χ1n) is 4.93. The zero-order valence-corrected chi connectivity index (χ0v) is 11.1. The molecule has 0 aliphatic rings. The molecule has 1 rings (SSSR count). The van der Waals surface area contributed by atoms with E-state index in [4.69, 9.17) is 16.7 Å². The first kappa shape index (κ1) is 14.7. The van der Waals surface area contributed by atoms with Crippen LogP contribution in [0.15, 0.2) is 29.7 Å². The monoisotopic (exact) mass is 289 g/mol. The lowest BCUT2D eigenvalue weighted by Gasteiger charge is -2.11. The minimum Gasteiger partial charge on any atom is -0.480 e. The number of carbonyl (C=O) groups is 1. The molecule has 0 aliphatic carbocycles. The molecule has 1 aromatic carbocycles. The number of benzene rings is 1. The Morgan fingerprint density at radius 3 is 2.44 bits per heavy atom. The van der Waals surface area contributed by atoms with Gasteiger partial charge in [0.15, 0.2) is 0 Å². The van der Waals surface area contributed by atoms with Crippen LogP contribution in [0.4, 0.5) is 0 Å². The summed E-state index contributed by atoms with van der Waals surface area (Å²) < 4.78 is 24.1. The fourth-order valence-electron chi connectivity index (χ4n) is 1.12. The molecule has 1 N–H and O–H groups in total. The van der Waals surface area contributed by atoms with Gasteiger partial charge in [0, 0.05) is 17.5 Å². The number of hydrogen-bond acceptors (Lipinski definition) is 3. The fraction of sp³-hybridized carbons (Fsp3) is 0.182. The van der Waals surface area contributed by atoms with Gasteiger partial charge >= 0.3 is 5.97 Å². The van der Waals surface area contributed by atoms with E-state index in [2.05, 4.69) is 0 Å². The molecule has 0 unspecified atom stereocenters. The molecule has 5 nitrogen and oxygen atoms in total. The number of halogens is 1. The smallest absolute Gasteiger partial charge is 0.318 e. The third-order valence-corrected chi connectivity index (χ3v) is 3.82. The maximum Gasteiger partial charge on any atom is 0.318 e. The second kappa shape index (κ2) is 5.99. The van der Waals surface area contributed by atoms with Crippen LogP contribution in [0, 0.1) is 0 Å². The molecule has 98 valence electrons. The van der Waals surface area contributed by atoms with E-state index in [0.717, 1.165) is 9.71 Å². The summed E-state index contributed by atoms with van der Waals surface area (Å²) in [6, 6.07) is 6.58. The highest BCUT2D eigenvalue weighted by Gasteiger charge is 2.16. The highest BCUT2D eigenvalue weighted by Crippen LogP contribution is 2.12. The Balaban J connectivity index is 2.82. The normalized spacial score (nSPS) is 12.2. The molecule has 0 aliphatic heterocycles. The fourth-order valence-corrected chi connectivity index (χ4v) is 2.08. The van der Waals surface area contributed by atoms with Crippen LogP contribution in [0.3, 0.4) is 0 Å². The van der Waals surface area contributed by atoms with E-state index in [9.17, 15) is 13.2 Å². The molecular formula is C11H12ClNO4S. The Kier molecular flexibility index (Phi) is 4.89. The van der Waals surface area contributed by atoms with E-state index in [1.807, 2.05) is 0 Å². The van der Waals surface area contributed by atoms with Gasteiger partial charge in [-0.25, -0.2) is 8.42 Å². The van der Waals surface area contributed by atoms with Crippen molar-refractivity contribution in [3.05, 3.63) is 40.3 Å². The molecule has 0 spiro atoms. The minimum atomic E-state index is -3.72. The molecule has 0 saturated heterocycles. The number of hydrogen-bond donors (Lipinski definition) is 1. The summed E-state index contributed by atoms with van der Waals surface area (Å²) in [6.45, 7) is -0.576. The summed E-state index contributed by atoms with van der Waals surface area (Å²) in [5.41, 5.74) is 0.659. The van der Waals surface area contributed by atoms with Crippen molar-refractivity contribution in [2.24, 2.45) is 0 Å². The number of nitrogens with zero attached hydrogens (tertiary/aromatic N) is 1. The Bertz CT molecular complexity index is 551. The Morgan fingerprint density at radius 2 is 1.94 bits per heavy atom. The Labute approximate surface area is 110 Å². The van der Waals surface area contributed by atoms with Crippen LogP contribution >= 0.6 is 11.6 Å². The summed E-state index contributed by atoms with van der Waals surface area (Å²) in [7, 11) is -2.52. The topological polar surface area (TPSA) is 74.7 Å². The molecule has 0 amide bonds. The van der Waals surface area contributed by atoms with Gasteiger partial charge in [0.1, 0.15) is 6.54 Å². The molecule has 0 bridgehead atoms. The first-order chi connectivity index (χ1) is 8.31. The minimum absolute atomic E-state index is 0.554. The van der Waals surface area contributed by atoms with Gasteiger partial charge in [-0.3, -0.25) is 4.79 Å². The maximum absolute atomic E-state index is 11.7. The standard InChI is InChI=1S/C11H12ClNO4S/c1-13(8-11(14)15)18(16,17)7-6-9-2-4-10(12)5-3-9/h2-7H,8H2,1H3,(H,14,15)/b7-6+. The second-order valence-electron chi connectivity index (χ2n) is 3.55. The van der Waals surface area contributed by atoms with Gasteiger partial charge in [0.25, 0.3) is 0 Å². The molecule has 0 aromatic heterocycles. The summed E-state index contributed by atoms with van der Waals surface area (Å²) in [5, 5.41) is 10.0. The van der Waals surface area contributed by atoms with Gasteiger partial charge in [-0.05, 0) is 23.8 Å². The van der Waals surface area contributed by atoms with E-state index in [1.54, 1.807) is 24.3 Å². The molecule has 0 saturated carbocycles. The van der Waals surface area contributed by atoms with Crippen molar-refractivity contribution in [1.29, 1.82) is 0 Å². The maximum atomic E-state index is 11.7. The quantitative estimate of drug-likeness (QED) is 0.894. The van der Waals surface area contributed by atoms with Crippen molar-refractivity contribution >= 4 is 33.7 Å². The molecule has 0 fully saturated rings. The highest BCUT2D eigenvalue weighted by molar-refractivity contribution is 7.92. The van der Waals surface area contributed by atoms with Crippen molar-refractivity contribution in [1.82, 2.24) is 4.31 Å². The van der Waals surface area contributed by atoms with Crippen LogP contribution in [-0.4, -0.2) is 37.4 Å². The van der Waals surface area contributed by atoms with Gasteiger partial charge in [-0.15, -0.1) is 0 Å². The molecule has 0 heterocycles. The lowest BCUT2D eigenvalue weighted by Crippen LogP contribution is -2.30. The summed E-state index contributed by atoms with van der Waals surface area (Å²) >= 11 is 5.69. The molecule has 7 heteroatoms. The van der Waals surface area contributed by atoms with Crippen LogP contribution in [0.5, 0.6) is 0 Å². The molecule has 1 aromatic rings. The predicted molar refractivity (Wildman–Crippen MR) is 69.7 cm³/mol. The second-order valence-corrected chi connectivity index (χ2v) is 5.91. The molecular weight excluding hydrogens is 278 g/mol. The zero-order chi connectivity index (χ0) is 13.8. The van der Waals surface area contributed by atoms with Crippen LogP contribution in [0.2, 0.25) is 5.02 Å². The van der Waals surface area contributed by atoms with Crippen LogP contribution in [-0.2, 0) is 14.8 Å². The van der Waals surface area contributed by atoms with Crippen LogP contribution in [0.25, 0.3) is 6.08 Å². The number of likely N-dealkylation sites (N-methyl/N-ethyl adjacent to an activating group) is 1. The Hall–Kier alpha value is -1.37. The van der Waals surface area contributed by atoms with Gasteiger partial charge < -0.3 is 5.11 Å². The predicted octanol–water partition coefficient (Wildman–Crippen LogP) is 1.66. The van der Waals surface area contributed by atoms with Crippen molar-refractivity contribution < 1.29 is 18.3 Å². The number of carboxylic acids is 1. The zero-order valence-electron chi connectivity index (χ0n) is 9.58. The van der Waals surface area contributed by atoms with Crippen molar-refractivity contribution in [2.45, 2.75) is 0 Å². The van der Waals surface area contributed by atoms with Gasteiger partial charge in [-0.1, -0.05) is 23.7 Å². The lowest BCUT2D eigenvalue weighted by atomic mass is 10.2. The van der Waals surface area contributed by atoms with Crippen LogP contribution in [0.1, 0.15) is 5.56 Å². The van der Waals surface area contributed by atoms with Crippen molar-refractivity contribution in [2.75, 3.05) is 13.6 Å². The van der Waals surface area contributed by atoms with E-state index in [1.165, 1.54) is 13.1 Å². The van der Waals surface area contributed by atoms with Crippen molar-refractivity contribution in [3.8, 4) is 0 Å².